The molecule has 3 N–H and O–H groups in total. The Morgan fingerprint density at radius 1 is 1.14 bits per heavy atom. The number of allylic oxidation sites excluding steroid dienone is 2. The van der Waals surface area contributed by atoms with Crippen molar-refractivity contribution in [3.05, 3.63) is 58.4 Å². The Morgan fingerprint density at radius 3 is 2.29 bits per heavy atom. The number of carbonyl (C=O) groups is 2. The molecule has 0 saturated carbocycles. The molecule has 110 valence electrons. The van der Waals surface area contributed by atoms with Crippen molar-refractivity contribution in [1.29, 1.82) is 0 Å². The topological polar surface area (TPSA) is 89.9 Å². The maximum Gasteiger partial charge on any atom is 0.430 e. The van der Waals surface area contributed by atoms with E-state index in [4.69, 9.17) is 5.11 Å². The van der Waals surface area contributed by atoms with Crippen molar-refractivity contribution in [1.82, 2.24) is 10.4 Å². The average Bonchev–Trinajstić information content (AvgIpc) is 2.43. The smallest absolute Gasteiger partial charge is 0.430 e. The lowest BCUT2D eigenvalue weighted by molar-refractivity contribution is -0.132. The highest BCUT2D eigenvalue weighted by Gasteiger charge is 2.30. The Balaban J connectivity index is 2.46. The monoisotopic (exact) mass is 288 g/mol. The molecule has 0 aliphatic carbocycles. The minimum Gasteiger partial charge on any atom is -0.478 e. The Hall–Kier alpha value is -2.76. The number of benzene rings is 1. The minimum atomic E-state index is -1.25. The van der Waals surface area contributed by atoms with E-state index in [-0.39, 0.29) is 11.3 Å². The largest absolute Gasteiger partial charge is 0.478 e. The van der Waals surface area contributed by atoms with E-state index in [1.807, 2.05) is 30.3 Å². The Morgan fingerprint density at radius 2 is 1.76 bits per heavy atom. The summed E-state index contributed by atoms with van der Waals surface area (Å²) in [6.07, 6.45) is -0.823. The van der Waals surface area contributed by atoms with Crippen LogP contribution in [0.3, 0.4) is 0 Å². The van der Waals surface area contributed by atoms with Crippen molar-refractivity contribution in [3.8, 4) is 0 Å². The number of aliphatic carboxylic acids is 1. The van der Waals surface area contributed by atoms with Crippen LogP contribution >= 0.6 is 0 Å². The van der Waals surface area contributed by atoms with Crippen LogP contribution in [0.4, 0.5) is 4.79 Å². The predicted octanol–water partition coefficient (Wildman–Crippen LogP) is 2.36. The highest BCUT2D eigenvalue weighted by Crippen LogP contribution is 2.28. The first-order valence-corrected chi connectivity index (χ1v) is 6.39. The number of carboxylic acid groups (broad SMARTS) is 2. The van der Waals surface area contributed by atoms with Crippen LogP contribution in [0, 0.1) is 0 Å². The third-order valence-electron chi connectivity index (χ3n) is 3.36. The maximum atomic E-state index is 11.5. The van der Waals surface area contributed by atoms with Crippen molar-refractivity contribution < 1.29 is 19.8 Å². The number of hydrogen-bond acceptors (Lipinski definition) is 3. The molecule has 1 aromatic rings. The van der Waals surface area contributed by atoms with Gasteiger partial charge in [-0.15, -0.1) is 0 Å². The molecule has 0 fully saturated rings. The lowest BCUT2D eigenvalue weighted by Gasteiger charge is -2.30. The Labute approximate surface area is 122 Å². The van der Waals surface area contributed by atoms with Crippen molar-refractivity contribution >= 4 is 12.1 Å². The second kappa shape index (κ2) is 5.70. The summed E-state index contributed by atoms with van der Waals surface area (Å²) in [5.74, 6) is -1.13. The van der Waals surface area contributed by atoms with Crippen LogP contribution in [-0.4, -0.2) is 27.3 Å². The molecule has 6 nitrogen and oxygen atoms in total. The zero-order valence-electron chi connectivity index (χ0n) is 11.8. The van der Waals surface area contributed by atoms with E-state index in [0.29, 0.717) is 17.7 Å². The molecule has 0 unspecified atom stereocenters. The lowest BCUT2D eigenvalue weighted by atomic mass is 9.94. The van der Waals surface area contributed by atoms with Gasteiger partial charge in [-0.2, -0.15) is 5.01 Å². The van der Waals surface area contributed by atoms with Gasteiger partial charge in [-0.1, -0.05) is 30.3 Å². The predicted molar refractivity (Wildman–Crippen MR) is 76.2 cm³/mol. The summed E-state index contributed by atoms with van der Waals surface area (Å²) in [5.41, 5.74) is 4.96. The molecule has 0 aromatic heterocycles. The zero-order valence-corrected chi connectivity index (χ0v) is 11.8. The number of amides is 1. The van der Waals surface area contributed by atoms with Gasteiger partial charge >= 0.3 is 12.1 Å². The molecule has 1 aromatic carbocycles. The highest BCUT2D eigenvalue weighted by molar-refractivity contribution is 5.94. The van der Waals surface area contributed by atoms with Gasteiger partial charge in [0.05, 0.1) is 11.3 Å². The molecule has 2 rings (SSSR count). The van der Waals surface area contributed by atoms with Crippen molar-refractivity contribution in [2.75, 3.05) is 0 Å². The maximum absolute atomic E-state index is 11.5. The van der Waals surface area contributed by atoms with Gasteiger partial charge in [-0.05, 0) is 25.0 Å². The van der Waals surface area contributed by atoms with E-state index in [1.54, 1.807) is 6.92 Å². The number of hydrogen-bond donors (Lipinski definition) is 3. The van der Waals surface area contributed by atoms with Gasteiger partial charge in [0, 0.05) is 12.1 Å². The molecule has 0 atom stereocenters. The number of hydrazine groups is 1. The fourth-order valence-electron chi connectivity index (χ4n) is 2.33. The van der Waals surface area contributed by atoms with Gasteiger partial charge in [0.15, 0.2) is 0 Å². The summed E-state index contributed by atoms with van der Waals surface area (Å²) >= 11 is 0. The molecular formula is C15H16N2O4. The van der Waals surface area contributed by atoms with Gasteiger partial charge in [-0.25, -0.2) is 9.59 Å². The highest BCUT2D eigenvalue weighted by atomic mass is 16.4. The molecule has 0 radical (unpaired) electrons. The summed E-state index contributed by atoms with van der Waals surface area (Å²) in [5, 5.41) is 19.4. The second-order valence-corrected chi connectivity index (χ2v) is 4.76. The summed E-state index contributed by atoms with van der Waals surface area (Å²) in [6, 6.07) is 9.44. The number of carboxylic acids is 1. The summed E-state index contributed by atoms with van der Waals surface area (Å²) in [7, 11) is 0. The number of nitrogens with one attached hydrogen (secondary N) is 1. The molecule has 21 heavy (non-hydrogen) atoms. The molecule has 1 heterocycles. The van der Waals surface area contributed by atoms with Gasteiger partial charge < -0.3 is 10.2 Å². The average molecular weight is 288 g/mol. The van der Waals surface area contributed by atoms with E-state index in [9.17, 15) is 14.7 Å². The standard InChI is InChI=1S/C15H16N2O4/c1-9-12(8-11-6-4-3-5-7-11)13(14(18)19)10(2)17(16-9)15(20)21/h3-7,16H,8H2,1-2H3,(H,18,19)(H,20,21). The summed E-state index contributed by atoms with van der Waals surface area (Å²) < 4.78 is 0. The van der Waals surface area contributed by atoms with Crippen molar-refractivity contribution in [2.45, 2.75) is 20.3 Å². The van der Waals surface area contributed by atoms with E-state index in [2.05, 4.69) is 5.43 Å². The fourth-order valence-corrected chi connectivity index (χ4v) is 2.33. The van der Waals surface area contributed by atoms with E-state index in [1.165, 1.54) is 6.92 Å². The van der Waals surface area contributed by atoms with Crippen LogP contribution in [0.5, 0.6) is 0 Å². The lowest BCUT2D eigenvalue weighted by Crippen LogP contribution is -2.44. The molecule has 6 heteroatoms. The molecule has 1 aliphatic rings. The Kier molecular flexibility index (Phi) is 3.98. The van der Waals surface area contributed by atoms with E-state index in [0.717, 1.165) is 10.6 Å². The van der Waals surface area contributed by atoms with Gasteiger partial charge in [0.2, 0.25) is 0 Å². The van der Waals surface area contributed by atoms with Crippen molar-refractivity contribution in [2.24, 2.45) is 0 Å². The third kappa shape index (κ3) is 2.89. The SMILES string of the molecule is CC1=C(Cc2ccccc2)C(C(=O)O)=C(C)N(C(=O)O)N1. The fraction of sp³-hybridized carbons (Fsp3) is 0.200. The quantitative estimate of drug-likeness (QED) is 0.794. The van der Waals surface area contributed by atoms with E-state index < -0.39 is 12.1 Å². The molecule has 0 spiro atoms. The summed E-state index contributed by atoms with van der Waals surface area (Å²) in [4.78, 5) is 22.7. The van der Waals surface area contributed by atoms with Gasteiger partial charge in [-0.3, -0.25) is 5.43 Å². The third-order valence-corrected chi connectivity index (χ3v) is 3.36. The molecule has 1 aliphatic heterocycles. The number of rotatable bonds is 3. The van der Waals surface area contributed by atoms with E-state index >= 15 is 0 Å². The van der Waals surface area contributed by atoms with Crippen LogP contribution in [0.15, 0.2) is 52.9 Å². The first-order chi connectivity index (χ1) is 9.91. The first kappa shape index (κ1) is 14.6. The minimum absolute atomic E-state index is 0.0255. The molecule has 0 saturated heterocycles. The second-order valence-electron chi connectivity index (χ2n) is 4.76. The normalized spacial score (nSPS) is 15.0. The number of nitrogens with zero attached hydrogens (tertiary/aromatic N) is 1. The van der Waals surface area contributed by atoms with Crippen molar-refractivity contribution in [3.63, 3.8) is 0 Å². The van der Waals surface area contributed by atoms with Crippen LogP contribution in [0.2, 0.25) is 0 Å². The van der Waals surface area contributed by atoms with Gasteiger partial charge in [0.25, 0.3) is 0 Å². The summed E-state index contributed by atoms with van der Waals surface area (Å²) in [6.45, 7) is 3.14. The van der Waals surface area contributed by atoms with Crippen LogP contribution in [-0.2, 0) is 11.2 Å². The molecule has 1 amide bonds. The van der Waals surface area contributed by atoms with Gasteiger partial charge in [0.1, 0.15) is 0 Å². The zero-order chi connectivity index (χ0) is 15.6. The van der Waals surface area contributed by atoms with Crippen LogP contribution < -0.4 is 5.43 Å². The first-order valence-electron chi connectivity index (χ1n) is 6.39. The molecule has 0 bridgehead atoms. The Bertz CT molecular complexity index is 647. The molecular weight excluding hydrogens is 272 g/mol. The van der Waals surface area contributed by atoms with Crippen LogP contribution in [0.25, 0.3) is 0 Å². The van der Waals surface area contributed by atoms with Crippen LogP contribution in [0.1, 0.15) is 19.4 Å².